The fourth-order valence-electron chi connectivity index (χ4n) is 1.40. The second-order valence-corrected chi connectivity index (χ2v) is 4.36. The van der Waals surface area contributed by atoms with Crippen LogP contribution in [0.25, 0.3) is 0 Å². The third-order valence-corrected chi connectivity index (χ3v) is 2.91. The van der Waals surface area contributed by atoms with Gasteiger partial charge in [0, 0.05) is 0 Å². The molecule has 2 N–H and O–H groups in total. The van der Waals surface area contributed by atoms with Crippen LogP contribution in [0.3, 0.4) is 0 Å². The monoisotopic (exact) mass is 306 g/mol. The molecule has 5 heteroatoms. The van der Waals surface area contributed by atoms with Gasteiger partial charge in [0.25, 0.3) is 0 Å². The predicted octanol–water partition coefficient (Wildman–Crippen LogP) is 3.83. The minimum atomic E-state index is -0.374. The zero-order valence-electron chi connectivity index (χ0n) is 9.15. The number of nitrogen functional groups attached to an aromatic ring is 1. The third kappa shape index (κ3) is 2.44. The lowest BCUT2D eigenvalue weighted by atomic mass is 10.2. The van der Waals surface area contributed by atoms with E-state index in [1.165, 1.54) is 18.2 Å². The molecule has 18 heavy (non-hydrogen) atoms. The lowest BCUT2D eigenvalue weighted by Crippen LogP contribution is -1.95. The maximum absolute atomic E-state index is 13.1. The molecular weight excluding hydrogens is 299 g/mol. The number of nitrogens with zero attached hydrogens (tertiary/aromatic N) is 1. The van der Waals surface area contributed by atoms with Gasteiger partial charge in [-0.05, 0) is 46.3 Å². The molecule has 0 radical (unpaired) electrons. The first-order valence-corrected chi connectivity index (χ1v) is 5.82. The van der Waals surface area contributed by atoms with Crippen molar-refractivity contribution in [2.24, 2.45) is 0 Å². The summed E-state index contributed by atoms with van der Waals surface area (Å²) < 4.78 is 18.9. The Kier molecular flexibility index (Phi) is 3.49. The van der Waals surface area contributed by atoms with E-state index in [1.54, 1.807) is 18.2 Å². The molecule has 0 aliphatic carbocycles. The van der Waals surface area contributed by atoms with Crippen LogP contribution in [-0.4, -0.2) is 0 Å². The zero-order chi connectivity index (χ0) is 13.1. The van der Waals surface area contributed by atoms with Crippen LogP contribution in [0.4, 0.5) is 10.1 Å². The molecular formula is C13H8BrFN2O. The van der Waals surface area contributed by atoms with Gasteiger partial charge in [-0.3, -0.25) is 0 Å². The number of nitriles is 1. The van der Waals surface area contributed by atoms with Gasteiger partial charge in [-0.25, -0.2) is 4.39 Å². The summed E-state index contributed by atoms with van der Waals surface area (Å²) in [6.07, 6.45) is 0. The van der Waals surface area contributed by atoms with Crippen LogP contribution >= 0.6 is 15.9 Å². The van der Waals surface area contributed by atoms with E-state index in [2.05, 4.69) is 15.9 Å². The number of anilines is 1. The molecule has 0 unspecified atom stereocenters. The Hall–Kier alpha value is -2.06. The maximum atomic E-state index is 13.1. The number of halogens is 2. The van der Waals surface area contributed by atoms with Crippen molar-refractivity contribution in [1.29, 1.82) is 5.26 Å². The topological polar surface area (TPSA) is 59.0 Å². The highest BCUT2D eigenvalue weighted by Gasteiger charge is 2.08. The Morgan fingerprint density at radius 3 is 2.72 bits per heavy atom. The Morgan fingerprint density at radius 2 is 2.06 bits per heavy atom. The standard InChI is InChI=1S/C13H8BrFN2O/c14-10-6-9(4-5-11(10)15)18-12-3-1-2-8(7-16)13(12)17/h1-6H,17H2. The number of nitrogens with two attached hydrogens (primary N) is 1. The molecule has 0 saturated carbocycles. The first-order valence-electron chi connectivity index (χ1n) is 5.03. The molecule has 0 aliphatic heterocycles. The van der Waals surface area contributed by atoms with Crippen LogP contribution in [0, 0.1) is 17.1 Å². The number of ether oxygens (including phenoxy) is 1. The summed E-state index contributed by atoms with van der Waals surface area (Å²) in [6, 6.07) is 11.1. The first kappa shape index (κ1) is 12.4. The van der Waals surface area contributed by atoms with Gasteiger partial charge in [0.1, 0.15) is 17.6 Å². The van der Waals surface area contributed by atoms with Crippen LogP contribution in [-0.2, 0) is 0 Å². The molecule has 0 heterocycles. The SMILES string of the molecule is N#Cc1cccc(Oc2ccc(F)c(Br)c2)c1N. The van der Waals surface area contributed by atoms with Gasteiger partial charge < -0.3 is 10.5 Å². The van der Waals surface area contributed by atoms with E-state index in [4.69, 9.17) is 15.7 Å². The number of hydrogen-bond acceptors (Lipinski definition) is 3. The number of rotatable bonds is 2. The van der Waals surface area contributed by atoms with Gasteiger partial charge in [0.15, 0.2) is 5.75 Å². The molecule has 0 aromatic heterocycles. The molecule has 90 valence electrons. The first-order chi connectivity index (χ1) is 8.61. The van der Waals surface area contributed by atoms with Crippen molar-refractivity contribution in [3.8, 4) is 17.6 Å². The van der Waals surface area contributed by atoms with Crippen LogP contribution in [0.1, 0.15) is 5.56 Å². The van der Waals surface area contributed by atoms with E-state index >= 15 is 0 Å². The van der Waals surface area contributed by atoms with Crippen LogP contribution in [0.5, 0.6) is 11.5 Å². The highest BCUT2D eigenvalue weighted by atomic mass is 79.9. The maximum Gasteiger partial charge on any atom is 0.151 e. The Labute approximate surface area is 112 Å². The van der Waals surface area contributed by atoms with Crippen molar-refractivity contribution >= 4 is 21.6 Å². The fourth-order valence-corrected chi connectivity index (χ4v) is 1.76. The zero-order valence-corrected chi connectivity index (χ0v) is 10.7. The second kappa shape index (κ2) is 5.07. The van der Waals surface area contributed by atoms with Crippen molar-refractivity contribution in [1.82, 2.24) is 0 Å². The smallest absolute Gasteiger partial charge is 0.151 e. The van der Waals surface area contributed by atoms with Gasteiger partial charge >= 0.3 is 0 Å². The highest BCUT2D eigenvalue weighted by molar-refractivity contribution is 9.10. The minimum Gasteiger partial charge on any atom is -0.455 e. The highest BCUT2D eigenvalue weighted by Crippen LogP contribution is 2.31. The van der Waals surface area contributed by atoms with Crippen LogP contribution in [0.2, 0.25) is 0 Å². The Balaban J connectivity index is 2.35. The normalized spacial score (nSPS) is 9.83. The summed E-state index contributed by atoms with van der Waals surface area (Å²) in [7, 11) is 0. The summed E-state index contributed by atoms with van der Waals surface area (Å²) in [5, 5.41) is 8.85. The molecule has 0 spiro atoms. The molecule has 2 rings (SSSR count). The summed E-state index contributed by atoms with van der Waals surface area (Å²) in [5.74, 6) is 0.429. The quantitative estimate of drug-likeness (QED) is 0.858. The van der Waals surface area contributed by atoms with Crippen LogP contribution < -0.4 is 10.5 Å². The lowest BCUT2D eigenvalue weighted by molar-refractivity contribution is 0.482. The average molecular weight is 307 g/mol. The molecule has 0 bridgehead atoms. The van der Waals surface area contributed by atoms with E-state index in [1.807, 2.05) is 6.07 Å². The van der Waals surface area contributed by atoms with Gasteiger partial charge in [-0.15, -0.1) is 0 Å². The van der Waals surface area contributed by atoms with Gasteiger partial charge in [0.2, 0.25) is 0 Å². The fraction of sp³-hybridized carbons (Fsp3) is 0. The molecule has 2 aromatic rings. The molecule has 2 aromatic carbocycles. The molecule has 0 atom stereocenters. The molecule has 0 aliphatic rings. The predicted molar refractivity (Wildman–Crippen MR) is 69.7 cm³/mol. The molecule has 0 saturated heterocycles. The van der Waals surface area contributed by atoms with E-state index in [0.29, 0.717) is 21.5 Å². The molecule has 0 fully saturated rings. The number of benzene rings is 2. The molecule has 3 nitrogen and oxygen atoms in total. The van der Waals surface area contributed by atoms with Gasteiger partial charge in [0.05, 0.1) is 15.7 Å². The summed E-state index contributed by atoms with van der Waals surface area (Å²) in [4.78, 5) is 0. The Bertz CT molecular complexity index is 637. The number of para-hydroxylation sites is 1. The Morgan fingerprint density at radius 1 is 1.28 bits per heavy atom. The van der Waals surface area contributed by atoms with Gasteiger partial charge in [-0.1, -0.05) is 6.07 Å². The summed E-state index contributed by atoms with van der Waals surface area (Å²) >= 11 is 3.07. The third-order valence-electron chi connectivity index (χ3n) is 2.31. The van der Waals surface area contributed by atoms with E-state index < -0.39 is 0 Å². The lowest BCUT2D eigenvalue weighted by Gasteiger charge is -2.09. The number of hydrogen-bond donors (Lipinski definition) is 1. The van der Waals surface area contributed by atoms with Crippen molar-refractivity contribution < 1.29 is 9.13 Å². The van der Waals surface area contributed by atoms with E-state index in [-0.39, 0.29) is 11.5 Å². The summed E-state index contributed by atoms with van der Waals surface area (Å²) in [6.45, 7) is 0. The molecule has 0 amide bonds. The van der Waals surface area contributed by atoms with Gasteiger partial charge in [-0.2, -0.15) is 5.26 Å². The minimum absolute atomic E-state index is 0.264. The average Bonchev–Trinajstić information content (AvgIpc) is 2.36. The van der Waals surface area contributed by atoms with Crippen LogP contribution in [0.15, 0.2) is 40.9 Å². The van der Waals surface area contributed by atoms with Crippen molar-refractivity contribution in [3.63, 3.8) is 0 Å². The van der Waals surface area contributed by atoms with Crippen molar-refractivity contribution in [3.05, 3.63) is 52.3 Å². The van der Waals surface area contributed by atoms with E-state index in [0.717, 1.165) is 0 Å². The second-order valence-electron chi connectivity index (χ2n) is 3.51. The largest absolute Gasteiger partial charge is 0.455 e. The summed E-state index contributed by atoms with van der Waals surface area (Å²) in [5.41, 5.74) is 6.38. The van der Waals surface area contributed by atoms with E-state index in [9.17, 15) is 4.39 Å². The van der Waals surface area contributed by atoms with Crippen molar-refractivity contribution in [2.45, 2.75) is 0 Å². The van der Waals surface area contributed by atoms with Crippen molar-refractivity contribution in [2.75, 3.05) is 5.73 Å².